The predicted octanol–water partition coefficient (Wildman–Crippen LogP) is 3.14. The Morgan fingerprint density at radius 3 is 2.55 bits per heavy atom. The zero-order valence-electron chi connectivity index (χ0n) is 12.2. The van der Waals surface area contributed by atoms with Crippen molar-refractivity contribution >= 4 is 5.97 Å². The van der Waals surface area contributed by atoms with Gasteiger partial charge in [0.2, 0.25) is 0 Å². The highest BCUT2D eigenvalue weighted by Crippen LogP contribution is 2.33. The Hall–Kier alpha value is -2.33. The maximum atomic E-state index is 11.1. The van der Waals surface area contributed by atoms with Crippen LogP contribution in [0.5, 0.6) is 5.75 Å². The number of ether oxygens (including phenoxy) is 1. The first-order chi connectivity index (χ1) is 10.7. The fourth-order valence-corrected chi connectivity index (χ4v) is 2.82. The fraction of sp³-hybridized carbons (Fsp3) is 0.278. The van der Waals surface area contributed by atoms with E-state index in [0.29, 0.717) is 13.0 Å². The largest absolute Gasteiger partial charge is 0.489 e. The molecule has 1 fully saturated rings. The number of carboxylic acid groups (broad SMARTS) is 1. The van der Waals surface area contributed by atoms with Gasteiger partial charge in [0.1, 0.15) is 18.4 Å². The van der Waals surface area contributed by atoms with Gasteiger partial charge in [0, 0.05) is 11.6 Å². The molecule has 3 rings (SSSR count). The summed E-state index contributed by atoms with van der Waals surface area (Å²) in [5.74, 6) is 0.0278. The van der Waals surface area contributed by atoms with Crippen LogP contribution >= 0.6 is 0 Å². The molecule has 1 aliphatic heterocycles. The SMILES string of the molecule is O=C(O)[C@@H]1CC[C@@H](c2ccccc2OCc2ccccc2)N1. The molecule has 114 valence electrons. The van der Waals surface area contributed by atoms with Gasteiger partial charge in [-0.2, -0.15) is 0 Å². The summed E-state index contributed by atoms with van der Waals surface area (Å²) in [5.41, 5.74) is 2.14. The highest BCUT2D eigenvalue weighted by molar-refractivity contribution is 5.74. The van der Waals surface area contributed by atoms with Crippen LogP contribution in [0.3, 0.4) is 0 Å². The summed E-state index contributed by atoms with van der Waals surface area (Å²) >= 11 is 0. The molecule has 0 aromatic heterocycles. The van der Waals surface area contributed by atoms with Crippen LogP contribution in [0, 0.1) is 0 Å². The van der Waals surface area contributed by atoms with Gasteiger partial charge in [0.25, 0.3) is 0 Å². The molecule has 4 nitrogen and oxygen atoms in total. The zero-order valence-corrected chi connectivity index (χ0v) is 12.2. The number of nitrogens with one attached hydrogen (secondary N) is 1. The number of carboxylic acids is 1. The maximum Gasteiger partial charge on any atom is 0.320 e. The van der Waals surface area contributed by atoms with Crippen LogP contribution in [0.2, 0.25) is 0 Å². The van der Waals surface area contributed by atoms with Crippen LogP contribution in [-0.2, 0) is 11.4 Å². The Morgan fingerprint density at radius 1 is 1.09 bits per heavy atom. The summed E-state index contributed by atoms with van der Waals surface area (Å²) in [6.45, 7) is 0.507. The van der Waals surface area contributed by atoms with E-state index >= 15 is 0 Å². The zero-order chi connectivity index (χ0) is 15.4. The molecule has 0 radical (unpaired) electrons. The van der Waals surface area contributed by atoms with Gasteiger partial charge in [-0.3, -0.25) is 10.1 Å². The smallest absolute Gasteiger partial charge is 0.320 e. The molecule has 1 heterocycles. The molecule has 2 N–H and O–H groups in total. The normalized spacial score (nSPS) is 20.7. The van der Waals surface area contributed by atoms with E-state index in [1.165, 1.54) is 0 Å². The highest BCUT2D eigenvalue weighted by atomic mass is 16.5. The summed E-state index contributed by atoms with van der Waals surface area (Å²) in [5, 5.41) is 12.3. The first kappa shape index (κ1) is 14.6. The molecule has 2 atom stereocenters. The van der Waals surface area contributed by atoms with Gasteiger partial charge in [-0.05, 0) is 24.5 Å². The molecular formula is C18H19NO3. The van der Waals surface area contributed by atoms with Crippen molar-refractivity contribution in [2.75, 3.05) is 0 Å². The number of benzene rings is 2. The summed E-state index contributed by atoms with van der Waals surface area (Å²) in [6, 6.07) is 17.4. The van der Waals surface area contributed by atoms with E-state index in [2.05, 4.69) is 5.32 Å². The van der Waals surface area contributed by atoms with Gasteiger partial charge in [0.05, 0.1) is 0 Å². The van der Waals surface area contributed by atoms with Crippen LogP contribution in [0.4, 0.5) is 0 Å². The van der Waals surface area contributed by atoms with Crippen LogP contribution in [0.25, 0.3) is 0 Å². The predicted molar refractivity (Wildman–Crippen MR) is 83.8 cm³/mol. The van der Waals surface area contributed by atoms with Crippen molar-refractivity contribution in [2.45, 2.75) is 31.5 Å². The molecule has 22 heavy (non-hydrogen) atoms. The van der Waals surface area contributed by atoms with Gasteiger partial charge in [-0.1, -0.05) is 48.5 Å². The lowest BCUT2D eigenvalue weighted by Gasteiger charge is -2.17. The molecule has 0 saturated carbocycles. The Kier molecular flexibility index (Phi) is 4.39. The maximum absolute atomic E-state index is 11.1. The van der Waals surface area contributed by atoms with Gasteiger partial charge >= 0.3 is 5.97 Å². The van der Waals surface area contributed by atoms with Crippen molar-refractivity contribution in [1.29, 1.82) is 0 Å². The molecule has 1 saturated heterocycles. The van der Waals surface area contributed by atoms with Crippen LogP contribution < -0.4 is 10.1 Å². The lowest BCUT2D eigenvalue weighted by atomic mass is 10.0. The van der Waals surface area contributed by atoms with E-state index in [9.17, 15) is 4.79 Å². The van der Waals surface area contributed by atoms with E-state index < -0.39 is 12.0 Å². The summed E-state index contributed by atoms with van der Waals surface area (Å²) in [4.78, 5) is 11.1. The summed E-state index contributed by atoms with van der Waals surface area (Å²) in [7, 11) is 0. The second kappa shape index (κ2) is 6.62. The third-order valence-corrected chi connectivity index (χ3v) is 3.98. The second-order valence-corrected chi connectivity index (χ2v) is 5.50. The third-order valence-electron chi connectivity index (χ3n) is 3.98. The Balaban J connectivity index is 1.72. The van der Waals surface area contributed by atoms with Crippen LogP contribution in [-0.4, -0.2) is 17.1 Å². The standard InChI is InChI=1S/C18H19NO3/c20-18(21)16-11-10-15(19-16)14-8-4-5-9-17(14)22-12-13-6-2-1-3-7-13/h1-9,15-16,19H,10-12H2,(H,20,21)/t15-,16-/m0/s1. The lowest BCUT2D eigenvalue weighted by Crippen LogP contribution is -2.31. The van der Waals surface area contributed by atoms with E-state index in [0.717, 1.165) is 23.3 Å². The molecule has 2 aromatic carbocycles. The van der Waals surface area contributed by atoms with E-state index in [1.54, 1.807) is 0 Å². The van der Waals surface area contributed by atoms with Crippen LogP contribution in [0.15, 0.2) is 54.6 Å². The van der Waals surface area contributed by atoms with Crippen molar-refractivity contribution < 1.29 is 14.6 Å². The first-order valence-corrected chi connectivity index (χ1v) is 7.48. The van der Waals surface area contributed by atoms with Crippen molar-refractivity contribution in [3.05, 3.63) is 65.7 Å². The lowest BCUT2D eigenvalue weighted by molar-refractivity contribution is -0.139. The van der Waals surface area contributed by atoms with Gasteiger partial charge < -0.3 is 9.84 Å². The molecular weight excluding hydrogens is 278 g/mol. The topological polar surface area (TPSA) is 58.6 Å². The van der Waals surface area contributed by atoms with E-state index in [-0.39, 0.29) is 6.04 Å². The summed E-state index contributed by atoms with van der Waals surface area (Å²) < 4.78 is 5.94. The number of aliphatic carboxylic acids is 1. The first-order valence-electron chi connectivity index (χ1n) is 7.48. The number of carbonyl (C=O) groups is 1. The van der Waals surface area contributed by atoms with Crippen molar-refractivity contribution in [3.8, 4) is 5.75 Å². The number of hydrogen-bond donors (Lipinski definition) is 2. The third kappa shape index (κ3) is 3.28. The number of para-hydroxylation sites is 1. The molecule has 0 bridgehead atoms. The average Bonchev–Trinajstić information content (AvgIpc) is 3.04. The molecule has 4 heteroatoms. The Morgan fingerprint density at radius 2 is 1.82 bits per heavy atom. The van der Waals surface area contributed by atoms with Crippen molar-refractivity contribution in [2.24, 2.45) is 0 Å². The number of rotatable bonds is 5. The fourth-order valence-electron chi connectivity index (χ4n) is 2.82. The second-order valence-electron chi connectivity index (χ2n) is 5.50. The minimum Gasteiger partial charge on any atom is -0.489 e. The Bertz CT molecular complexity index is 642. The Labute approximate surface area is 129 Å². The van der Waals surface area contributed by atoms with Gasteiger partial charge in [-0.15, -0.1) is 0 Å². The molecule has 0 unspecified atom stereocenters. The molecule has 1 aliphatic rings. The number of hydrogen-bond acceptors (Lipinski definition) is 3. The molecule has 0 amide bonds. The summed E-state index contributed by atoms with van der Waals surface area (Å²) in [6.07, 6.45) is 1.45. The van der Waals surface area contributed by atoms with E-state index in [1.807, 2.05) is 54.6 Å². The quantitative estimate of drug-likeness (QED) is 0.890. The molecule has 0 aliphatic carbocycles. The van der Waals surface area contributed by atoms with Crippen molar-refractivity contribution in [3.63, 3.8) is 0 Å². The minimum absolute atomic E-state index is 0.0353. The van der Waals surface area contributed by atoms with Gasteiger partial charge in [-0.25, -0.2) is 0 Å². The minimum atomic E-state index is -0.787. The van der Waals surface area contributed by atoms with Crippen LogP contribution in [0.1, 0.15) is 30.0 Å². The molecule has 0 spiro atoms. The van der Waals surface area contributed by atoms with Gasteiger partial charge in [0.15, 0.2) is 0 Å². The van der Waals surface area contributed by atoms with E-state index in [4.69, 9.17) is 9.84 Å². The molecule has 2 aromatic rings. The average molecular weight is 297 g/mol. The van der Waals surface area contributed by atoms with Crippen molar-refractivity contribution in [1.82, 2.24) is 5.32 Å². The highest BCUT2D eigenvalue weighted by Gasteiger charge is 2.30. The monoisotopic (exact) mass is 297 g/mol.